The lowest BCUT2D eigenvalue weighted by Gasteiger charge is -1.99. The topological polar surface area (TPSA) is 42.2 Å². The second-order valence-corrected chi connectivity index (χ2v) is 4.63. The average Bonchev–Trinajstić information content (AvgIpc) is 2.74. The summed E-state index contributed by atoms with van der Waals surface area (Å²) in [6.07, 6.45) is 1.87. The van der Waals surface area contributed by atoms with Gasteiger partial charge in [-0.2, -0.15) is 0 Å². The molecule has 0 atom stereocenters. The van der Waals surface area contributed by atoms with Gasteiger partial charge in [-0.3, -0.25) is 0 Å². The Morgan fingerprint density at radius 2 is 1.94 bits per heavy atom. The van der Waals surface area contributed by atoms with Gasteiger partial charge >= 0.3 is 5.97 Å². The standard InChI is InChI=1S/C13H12BrNO2/c1-2-15-8-10(7-12(15)13(16)17)9-3-5-11(14)6-4-9/h3-8H,2H2,1H3,(H,16,17). The lowest BCUT2D eigenvalue weighted by molar-refractivity contribution is 0.0685. The van der Waals surface area contributed by atoms with Crippen LogP contribution in [0, 0.1) is 0 Å². The van der Waals surface area contributed by atoms with Gasteiger partial charge in [-0.25, -0.2) is 4.79 Å². The molecule has 0 bridgehead atoms. The van der Waals surface area contributed by atoms with Crippen LogP contribution in [0.4, 0.5) is 0 Å². The monoisotopic (exact) mass is 293 g/mol. The minimum Gasteiger partial charge on any atom is -0.477 e. The van der Waals surface area contributed by atoms with Crippen LogP contribution in [0.25, 0.3) is 11.1 Å². The van der Waals surface area contributed by atoms with Crippen molar-refractivity contribution in [3.8, 4) is 11.1 Å². The summed E-state index contributed by atoms with van der Waals surface area (Å²) in [6.45, 7) is 2.58. The molecule has 0 saturated carbocycles. The molecule has 0 amide bonds. The maximum atomic E-state index is 11.1. The zero-order valence-corrected chi connectivity index (χ0v) is 10.9. The van der Waals surface area contributed by atoms with Crippen molar-refractivity contribution in [2.75, 3.05) is 0 Å². The summed E-state index contributed by atoms with van der Waals surface area (Å²) >= 11 is 3.38. The number of carboxylic acids is 1. The fourth-order valence-corrected chi connectivity index (χ4v) is 2.02. The van der Waals surface area contributed by atoms with Gasteiger partial charge in [0, 0.05) is 22.8 Å². The predicted octanol–water partition coefficient (Wildman–Crippen LogP) is 3.64. The van der Waals surface area contributed by atoms with Crippen molar-refractivity contribution in [1.82, 2.24) is 4.57 Å². The number of halogens is 1. The number of carboxylic acid groups (broad SMARTS) is 1. The number of hydrogen-bond donors (Lipinski definition) is 1. The van der Waals surface area contributed by atoms with E-state index in [1.165, 1.54) is 0 Å². The van der Waals surface area contributed by atoms with Crippen LogP contribution in [0.5, 0.6) is 0 Å². The minimum atomic E-state index is -0.893. The molecule has 88 valence electrons. The molecule has 0 spiro atoms. The summed E-state index contributed by atoms with van der Waals surface area (Å²) in [5.74, 6) is -0.893. The number of aromatic nitrogens is 1. The molecule has 1 aromatic carbocycles. The Balaban J connectivity index is 2.46. The molecule has 0 fully saturated rings. The molecule has 0 unspecified atom stereocenters. The van der Waals surface area contributed by atoms with Crippen molar-refractivity contribution in [3.63, 3.8) is 0 Å². The third-order valence-electron chi connectivity index (χ3n) is 2.63. The van der Waals surface area contributed by atoms with Crippen molar-refractivity contribution in [1.29, 1.82) is 0 Å². The highest BCUT2D eigenvalue weighted by Gasteiger charge is 2.12. The van der Waals surface area contributed by atoms with Crippen LogP contribution >= 0.6 is 15.9 Å². The molecule has 2 aromatic rings. The first kappa shape index (κ1) is 11.9. The van der Waals surface area contributed by atoms with E-state index in [4.69, 9.17) is 5.11 Å². The van der Waals surface area contributed by atoms with E-state index in [1.54, 1.807) is 10.6 Å². The quantitative estimate of drug-likeness (QED) is 0.939. The van der Waals surface area contributed by atoms with E-state index in [-0.39, 0.29) is 0 Å². The molecular weight excluding hydrogens is 282 g/mol. The third kappa shape index (κ3) is 2.42. The Kier molecular flexibility index (Phi) is 3.33. The fourth-order valence-electron chi connectivity index (χ4n) is 1.75. The summed E-state index contributed by atoms with van der Waals surface area (Å²) in [5, 5.41) is 9.07. The highest BCUT2D eigenvalue weighted by Crippen LogP contribution is 2.24. The van der Waals surface area contributed by atoms with Gasteiger partial charge in [0.1, 0.15) is 5.69 Å². The SMILES string of the molecule is CCn1cc(-c2ccc(Br)cc2)cc1C(=O)O. The molecule has 1 N–H and O–H groups in total. The van der Waals surface area contributed by atoms with Gasteiger partial charge in [0.25, 0.3) is 0 Å². The number of nitrogens with zero attached hydrogens (tertiary/aromatic N) is 1. The van der Waals surface area contributed by atoms with E-state index < -0.39 is 5.97 Å². The van der Waals surface area contributed by atoms with E-state index in [0.717, 1.165) is 15.6 Å². The van der Waals surface area contributed by atoms with E-state index in [2.05, 4.69) is 15.9 Å². The van der Waals surface area contributed by atoms with Crippen molar-refractivity contribution in [2.45, 2.75) is 13.5 Å². The zero-order chi connectivity index (χ0) is 12.4. The smallest absolute Gasteiger partial charge is 0.352 e. The first-order valence-corrected chi connectivity index (χ1v) is 6.10. The van der Waals surface area contributed by atoms with Crippen molar-refractivity contribution in [2.24, 2.45) is 0 Å². The van der Waals surface area contributed by atoms with Gasteiger partial charge in [0.2, 0.25) is 0 Å². The van der Waals surface area contributed by atoms with Crippen LogP contribution < -0.4 is 0 Å². The van der Waals surface area contributed by atoms with E-state index in [9.17, 15) is 4.79 Å². The van der Waals surface area contributed by atoms with Gasteiger partial charge in [-0.15, -0.1) is 0 Å². The number of aromatic carboxylic acids is 1. The van der Waals surface area contributed by atoms with Gasteiger partial charge < -0.3 is 9.67 Å². The average molecular weight is 294 g/mol. The number of benzene rings is 1. The van der Waals surface area contributed by atoms with Crippen LogP contribution in [-0.2, 0) is 6.54 Å². The second-order valence-electron chi connectivity index (χ2n) is 3.71. The molecule has 17 heavy (non-hydrogen) atoms. The number of aryl methyl sites for hydroxylation is 1. The lowest BCUT2D eigenvalue weighted by Crippen LogP contribution is -2.05. The summed E-state index contributed by atoms with van der Waals surface area (Å²) in [6, 6.07) is 9.52. The Morgan fingerprint density at radius 3 is 2.41 bits per heavy atom. The first-order chi connectivity index (χ1) is 8.11. The maximum Gasteiger partial charge on any atom is 0.352 e. The molecule has 2 rings (SSSR count). The normalized spacial score (nSPS) is 10.5. The number of hydrogen-bond acceptors (Lipinski definition) is 1. The van der Waals surface area contributed by atoms with Crippen LogP contribution in [0.1, 0.15) is 17.4 Å². The Labute approximate surface area is 108 Å². The minimum absolute atomic E-state index is 0.324. The summed E-state index contributed by atoms with van der Waals surface area (Å²) in [4.78, 5) is 11.1. The molecule has 1 aromatic heterocycles. The third-order valence-corrected chi connectivity index (χ3v) is 3.16. The maximum absolute atomic E-state index is 11.1. The molecule has 1 heterocycles. The highest BCUT2D eigenvalue weighted by atomic mass is 79.9. The largest absolute Gasteiger partial charge is 0.477 e. The number of rotatable bonds is 3. The zero-order valence-electron chi connectivity index (χ0n) is 9.35. The van der Waals surface area contributed by atoms with Crippen molar-refractivity contribution >= 4 is 21.9 Å². The molecule has 0 radical (unpaired) electrons. The highest BCUT2D eigenvalue weighted by molar-refractivity contribution is 9.10. The lowest BCUT2D eigenvalue weighted by atomic mass is 10.1. The van der Waals surface area contributed by atoms with Crippen molar-refractivity contribution < 1.29 is 9.90 Å². The molecular formula is C13H12BrNO2. The molecule has 0 saturated heterocycles. The van der Waals surface area contributed by atoms with Crippen LogP contribution in [0.3, 0.4) is 0 Å². The molecule has 0 aliphatic heterocycles. The van der Waals surface area contributed by atoms with E-state index in [1.807, 2.05) is 37.4 Å². The summed E-state index contributed by atoms with van der Waals surface area (Å²) in [7, 11) is 0. The molecule has 0 aliphatic rings. The Morgan fingerprint density at radius 1 is 1.29 bits per heavy atom. The van der Waals surface area contributed by atoms with Gasteiger partial charge in [-0.1, -0.05) is 28.1 Å². The Hall–Kier alpha value is -1.55. The molecule has 4 heteroatoms. The first-order valence-electron chi connectivity index (χ1n) is 5.31. The van der Waals surface area contributed by atoms with Crippen LogP contribution in [0.2, 0.25) is 0 Å². The molecule has 3 nitrogen and oxygen atoms in total. The number of carbonyl (C=O) groups is 1. The second kappa shape index (κ2) is 4.75. The van der Waals surface area contributed by atoms with Gasteiger partial charge in [-0.05, 0) is 30.7 Å². The summed E-state index contributed by atoms with van der Waals surface area (Å²) in [5.41, 5.74) is 2.27. The molecule has 0 aliphatic carbocycles. The van der Waals surface area contributed by atoms with Crippen LogP contribution in [-0.4, -0.2) is 15.6 Å². The predicted molar refractivity (Wildman–Crippen MR) is 70.2 cm³/mol. The Bertz CT molecular complexity index is 543. The van der Waals surface area contributed by atoms with Crippen molar-refractivity contribution in [3.05, 3.63) is 46.7 Å². The van der Waals surface area contributed by atoms with E-state index >= 15 is 0 Å². The van der Waals surface area contributed by atoms with Gasteiger partial charge in [0.05, 0.1) is 0 Å². The van der Waals surface area contributed by atoms with Crippen LogP contribution in [0.15, 0.2) is 41.0 Å². The van der Waals surface area contributed by atoms with Gasteiger partial charge in [0.15, 0.2) is 0 Å². The van der Waals surface area contributed by atoms with E-state index in [0.29, 0.717) is 12.2 Å². The summed E-state index contributed by atoms with van der Waals surface area (Å²) < 4.78 is 2.74. The fraction of sp³-hybridized carbons (Fsp3) is 0.154.